The van der Waals surface area contributed by atoms with E-state index in [0.717, 1.165) is 15.5 Å². The molecule has 0 spiro atoms. The predicted molar refractivity (Wildman–Crippen MR) is 59.3 cm³/mol. The van der Waals surface area contributed by atoms with Gasteiger partial charge in [0.2, 0.25) is 5.13 Å². The van der Waals surface area contributed by atoms with Crippen LogP contribution in [0.25, 0.3) is 0 Å². The minimum atomic E-state index is 0.811. The molecule has 0 saturated heterocycles. The Morgan fingerprint density at radius 2 is 2.38 bits per heavy atom. The van der Waals surface area contributed by atoms with Gasteiger partial charge >= 0.3 is 0 Å². The summed E-state index contributed by atoms with van der Waals surface area (Å²) in [7, 11) is 0. The molecule has 6 heteroatoms. The monoisotopic (exact) mass is 275 g/mol. The molecule has 2 heterocycles. The van der Waals surface area contributed by atoms with Gasteiger partial charge in [-0.3, -0.25) is 0 Å². The van der Waals surface area contributed by atoms with Crippen molar-refractivity contribution >= 4 is 43.7 Å². The van der Waals surface area contributed by atoms with Crippen LogP contribution >= 0.6 is 38.6 Å². The summed E-state index contributed by atoms with van der Waals surface area (Å²) in [4.78, 5) is 1.28. The van der Waals surface area contributed by atoms with Gasteiger partial charge < -0.3 is 5.32 Å². The summed E-state index contributed by atoms with van der Waals surface area (Å²) in [5, 5.41) is 11.7. The average Bonchev–Trinajstić information content (AvgIpc) is 2.71. The molecule has 0 saturated carbocycles. The van der Waals surface area contributed by atoms with Crippen LogP contribution in [0.3, 0.4) is 0 Å². The smallest absolute Gasteiger partial charge is 0.205 e. The largest absolute Gasteiger partial charge is 0.355 e. The Balaban J connectivity index is 1.93. The molecule has 0 fully saturated rings. The second kappa shape index (κ2) is 4.17. The van der Waals surface area contributed by atoms with E-state index in [1.165, 1.54) is 16.2 Å². The van der Waals surface area contributed by atoms with Gasteiger partial charge in [0, 0.05) is 4.88 Å². The Morgan fingerprint density at radius 3 is 3.00 bits per heavy atom. The average molecular weight is 276 g/mol. The highest BCUT2D eigenvalue weighted by Crippen LogP contribution is 2.22. The minimum Gasteiger partial charge on any atom is -0.355 e. The number of thiophene rings is 1. The first-order valence-electron chi connectivity index (χ1n) is 3.59. The fraction of sp³-hybridized carbons (Fsp3) is 0.143. The summed E-state index contributed by atoms with van der Waals surface area (Å²) in [6.45, 7) is 0.811. The summed E-state index contributed by atoms with van der Waals surface area (Å²) in [6, 6.07) is 4.13. The number of nitrogens with one attached hydrogen (secondary N) is 1. The fourth-order valence-electron chi connectivity index (χ4n) is 0.860. The van der Waals surface area contributed by atoms with Gasteiger partial charge in [-0.2, -0.15) is 0 Å². The molecule has 0 radical (unpaired) electrons. The molecule has 0 unspecified atom stereocenters. The summed E-state index contributed by atoms with van der Waals surface area (Å²) < 4.78 is 1.15. The van der Waals surface area contributed by atoms with Crippen molar-refractivity contribution in [1.29, 1.82) is 0 Å². The van der Waals surface area contributed by atoms with Crippen molar-refractivity contribution < 1.29 is 0 Å². The normalized spacial score (nSPS) is 10.2. The molecule has 0 bridgehead atoms. The molecule has 0 amide bonds. The SMILES string of the molecule is Brc1ccc(CNc2nncs2)s1. The molecule has 68 valence electrons. The maximum absolute atomic E-state index is 3.89. The van der Waals surface area contributed by atoms with Gasteiger partial charge in [0.25, 0.3) is 0 Å². The third-order valence-corrected chi connectivity index (χ3v) is 3.68. The lowest BCUT2D eigenvalue weighted by Crippen LogP contribution is -1.96. The number of nitrogens with zero attached hydrogens (tertiary/aromatic N) is 2. The molecular weight excluding hydrogens is 270 g/mol. The van der Waals surface area contributed by atoms with Crippen LogP contribution in [0.2, 0.25) is 0 Å². The lowest BCUT2D eigenvalue weighted by Gasteiger charge is -1.96. The van der Waals surface area contributed by atoms with E-state index >= 15 is 0 Å². The van der Waals surface area contributed by atoms with E-state index in [-0.39, 0.29) is 0 Å². The molecule has 13 heavy (non-hydrogen) atoms. The Kier molecular flexibility index (Phi) is 2.92. The predicted octanol–water partition coefficient (Wildman–Crippen LogP) is 2.97. The Hall–Kier alpha value is -0.460. The summed E-state index contributed by atoms with van der Waals surface area (Å²) in [6.07, 6.45) is 0. The number of aromatic nitrogens is 2. The third kappa shape index (κ3) is 2.49. The molecular formula is C7H6BrN3S2. The third-order valence-electron chi connectivity index (χ3n) is 1.40. The van der Waals surface area contributed by atoms with Crippen LogP contribution in [0.4, 0.5) is 5.13 Å². The van der Waals surface area contributed by atoms with E-state index in [4.69, 9.17) is 0 Å². The molecule has 0 aromatic carbocycles. The van der Waals surface area contributed by atoms with Gasteiger partial charge in [0.1, 0.15) is 5.51 Å². The number of anilines is 1. The van der Waals surface area contributed by atoms with E-state index in [2.05, 4.69) is 37.5 Å². The highest BCUT2D eigenvalue weighted by atomic mass is 79.9. The van der Waals surface area contributed by atoms with Crippen LogP contribution in [0.5, 0.6) is 0 Å². The van der Waals surface area contributed by atoms with Gasteiger partial charge in [0.05, 0.1) is 10.3 Å². The molecule has 2 aromatic heterocycles. The van der Waals surface area contributed by atoms with E-state index in [1.807, 2.05) is 6.07 Å². The van der Waals surface area contributed by atoms with Crippen LogP contribution < -0.4 is 5.32 Å². The first-order chi connectivity index (χ1) is 6.34. The van der Waals surface area contributed by atoms with Crippen molar-refractivity contribution in [3.05, 3.63) is 26.3 Å². The van der Waals surface area contributed by atoms with Crippen LogP contribution in [-0.4, -0.2) is 10.2 Å². The molecule has 1 N–H and O–H groups in total. The van der Waals surface area contributed by atoms with Gasteiger partial charge in [0.15, 0.2) is 0 Å². The maximum Gasteiger partial charge on any atom is 0.205 e. The number of rotatable bonds is 3. The lowest BCUT2D eigenvalue weighted by molar-refractivity contribution is 1.06. The molecule has 3 nitrogen and oxygen atoms in total. The number of halogens is 1. The quantitative estimate of drug-likeness (QED) is 0.936. The van der Waals surface area contributed by atoms with Crippen molar-refractivity contribution in [3.8, 4) is 0 Å². The Morgan fingerprint density at radius 1 is 1.46 bits per heavy atom. The van der Waals surface area contributed by atoms with Crippen molar-refractivity contribution in [2.45, 2.75) is 6.54 Å². The molecule has 0 aliphatic carbocycles. The van der Waals surface area contributed by atoms with Gasteiger partial charge in [-0.05, 0) is 28.1 Å². The van der Waals surface area contributed by atoms with Crippen molar-refractivity contribution in [1.82, 2.24) is 10.2 Å². The van der Waals surface area contributed by atoms with E-state index in [0.29, 0.717) is 0 Å². The van der Waals surface area contributed by atoms with E-state index in [1.54, 1.807) is 16.8 Å². The number of hydrogen-bond donors (Lipinski definition) is 1. The van der Waals surface area contributed by atoms with Crippen LogP contribution in [0.1, 0.15) is 4.88 Å². The summed E-state index contributed by atoms with van der Waals surface area (Å²) in [5.74, 6) is 0. The number of hydrogen-bond acceptors (Lipinski definition) is 5. The van der Waals surface area contributed by atoms with Gasteiger partial charge in [-0.1, -0.05) is 11.3 Å². The first-order valence-corrected chi connectivity index (χ1v) is 6.08. The van der Waals surface area contributed by atoms with E-state index in [9.17, 15) is 0 Å². The maximum atomic E-state index is 3.89. The zero-order valence-corrected chi connectivity index (χ0v) is 9.75. The summed E-state index contributed by atoms with van der Waals surface area (Å²) >= 11 is 6.64. The van der Waals surface area contributed by atoms with Crippen LogP contribution in [-0.2, 0) is 6.54 Å². The Bertz CT molecular complexity index is 371. The van der Waals surface area contributed by atoms with Crippen LogP contribution in [0.15, 0.2) is 21.4 Å². The fourth-order valence-corrected chi connectivity index (χ4v) is 2.73. The zero-order chi connectivity index (χ0) is 9.10. The molecule has 2 aromatic rings. The summed E-state index contributed by atoms with van der Waals surface area (Å²) in [5.41, 5.74) is 1.71. The van der Waals surface area contributed by atoms with Crippen LogP contribution in [0, 0.1) is 0 Å². The first kappa shape index (κ1) is 9.11. The van der Waals surface area contributed by atoms with E-state index < -0.39 is 0 Å². The van der Waals surface area contributed by atoms with Gasteiger partial charge in [-0.25, -0.2) is 0 Å². The molecule has 0 atom stereocenters. The standard InChI is InChI=1S/C7H6BrN3S2/c8-6-2-1-5(13-6)3-9-7-11-10-4-12-7/h1-2,4H,3H2,(H,9,11). The molecule has 2 rings (SSSR count). The van der Waals surface area contributed by atoms with Crippen molar-refractivity contribution in [2.75, 3.05) is 5.32 Å². The molecule has 0 aliphatic heterocycles. The second-order valence-electron chi connectivity index (χ2n) is 2.30. The molecule has 0 aliphatic rings. The zero-order valence-electron chi connectivity index (χ0n) is 6.53. The lowest BCUT2D eigenvalue weighted by atomic mass is 10.5. The Labute approximate surface area is 92.0 Å². The van der Waals surface area contributed by atoms with Crippen molar-refractivity contribution in [3.63, 3.8) is 0 Å². The highest BCUT2D eigenvalue weighted by Gasteiger charge is 1.98. The second-order valence-corrected chi connectivity index (χ2v) is 5.68. The van der Waals surface area contributed by atoms with Gasteiger partial charge in [-0.15, -0.1) is 21.5 Å². The minimum absolute atomic E-state index is 0.811. The van der Waals surface area contributed by atoms with Crippen molar-refractivity contribution in [2.24, 2.45) is 0 Å². The topological polar surface area (TPSA) is 37.8 Å². The highest BCUT2D eigenvalue weighted by molar-refractivity contribution is 9.11.